The van der Waals surface area contributed by atoms with Gasteiger partial charge in [-0.3, -0.25) is 9.59 Å². The van der Waals surface area contributed by atoms with Crippen molar-refractivity contribution < 1.29 is 34.4 Å². The number of aliphatic hydroxyl groups excluding tert-OH is 2. The number of nitrogens with one attached hydrogen (secondary N) is 4. The Kier molecular flexibility index (Phi) is 12.8. The molecule has 14 rings (SSSR count). The summed E-state index contributed by atoms with van der Waals surface area (Å²) >= 11 is 0. The number of fused-ring (bicyclic) bond motifs is 8. The monoisotopic (exact) mass is 1110 g/mol. The van der Waals surface area contributed by atoms with Crippen molar-refractivity contribution in [2.45, 2.75) is 211 Å². The van der Waals surface area contributed by atoms with Crippen molar-refractivity contribution in [2.75, 3.05) is 40.4 Å². The van der Waals surface area contributed by atoms with Gasteiger partial charge in [0.2, 0.25) is 0 Å². The number of hydrogen-bond donors (Lipinski definition) is 7. The minimum atomic E-state index is -0.957. The van der Waals surface area contributed by atoms with Crippen molar-refractivity contribution in [2.24, 2.45) is 56.2 Å². The molecule has 3 aromatic heterocycles. The first kappa shape index (κ1) is 55.0. The third-order valence-corrected chi connectivity index (χ3v) is 26.2. The number of rotatable bonds is 12. The zero-order valence-electron chi connectivity index (χ0n) is 50.3. The highest BCUT2D eigenvalue weighted by Gasteiger charge is 2.80. The molecule has 12 heteroatoms. The number of H-pyrrole nitrogens is 2. The van der Waals surface area contributed by atoms with Gasteiger partial charge in [0, 0.05) is 92.0 Å². The number of benzene rings is 1. The number of aryl methyl sites for hydroxylation is 1. The number of aliphatic hydroxyl groups is 3. The summed E-state index contributed by atoms with van der Waals surface area (Å²) < 4.78 is 14.5. The van der Waals surface area contributed by atoms with Crippen molar-refractivity contribution in [3.63, 3.8) is 0 Å². The Morgan fingerprint density at radius 2 is 1.68 bits per heavy atom. The molecule has 1 aromatic carbocycles. The van der Waals surface area contributed by atoms with Gasteiger partial charge in [-0.05, 0) is 208 Å². The molecule has 0 radical (unpaired) electrons. The number of aromatic nitrogens is 3. The van der Waals surface area contributed by atoms with E-state index in [1.54, 1.807) is 0 Å². The minimum absolute atomic E-state index is 0.0461. The van der Waals surface area contributed by atoms with Crippen molar-refractivity contribution >= 4 is 22.6 Å². The van der Waals surface area contributed by atoms with Crippen LogP contribution in [0.4, 0.5) is 0 Å². The van der Waals surface area contributed by atoms with Gasteiger partial charge >= 0.3 is 0 Å². The van der Waals surface area contributed by atoms with Gasteiger partial charge in [0.25, 0.3) is 0 Å². The fraction of sp³-hybridized carbons (Fsp3) is 0.710. The van der Waals surface area contributed by atoms with Crippen LogP contribution in [0.25, 0.3) is 11.0 Å². The zero-order valence-corrected chi connectivity index (χ0v) is 50.3. The Hall–Kier alpha value is -3.88. The molecule has 2 bridgehead atoms. The molecule has 1 spiro atoms. The van der Waals surface area contributed by atoms with Gasteiger partial charge in [0.15, 0.2) is 5.78 Å². The number of allylic oxidation sites excluding steroid dienone is 1. The van der Waals surface area contributed by atoms with Crippen LogP contribution in [0.15, 0.2) is 54.0 Å². The first-order chi connectivity index (χ1) is 38.6. The molecular weight excluding hydrogens is 1010 g/mol. The number of hydrogen-bond acceptors (Lipinski definition) is 9. The van der Waals surface area contributed by atoms with Crippen molar-refractivity contribution in [1.82, 2.24) is 25.2 Å². The lowest BCUT2D eigenvalue weighted by molar-refractivity contribution is -0.267. The second-order valence-corrected chi connectivity index (χ2v) is 30.4. The van der Waals surface area contributed by atoms with E-state index in [9.17, 15) is 15.3 Å². The van der Waals surface area contributed by atoms with Crippen LogP contribution in [0, 0.1) is 56.2 Å². The summed E-state index contributed by atoms with van der Waals surface area (Å²) in [4.78, 5) is 39.4. The molecule has 6 heterocycles. The summed E-state index contributed by atoms with van der Waals surface area (Å²) in [5.74, 6) is 1.00. The number of ketones is 2. The maximum atomic E-state index is 16.0. The van der Waals surface area contributed by atoms with E-state index in [0.29, 0.717) is 88.2 Å². The average Bonchev–Trinajstić information content (AvgIpc) is 4.23. The van der Waals surface area contributed by atoms with Crippen LogP contribution >= 0.6 is 0 Å². The highest BCUT2D eigenvalue weighted by molar-refractivity contribution is 6.02. The number of epoxide rings is 1. The molecule has 16 atom stereocenters. The summed E-state index contributed by atoms with van der Waals surface area (Å²) in [7, 11) is 4.07. The number of aromatic amines is 2. The van der Waals surface area contributed by atoms with E-state index < -0.39 is 56.4 Å². The Labute approximate surface area is 481 Å². The average molecular weight is 1110 g/mol. The van der Waals surface area contributed by atoms with Gasteiger partial charge in [0.05, 0.1) is 40.4 Å². The smallest absolute Gasteiger partial charge is 0.160 e. The molecular formula is C69H95N5O7. The number of ether oxygens (including phenoxy) is 2. The Morgan fingerprint density at radius 1 is 0.901 bits per heavy atom. The molecule has 5 saturated carbocycles. The van der Waals surface area contributed by atoms with Crippen molar-refractivity contribution in [3.05, 3.63) is 93.1 Å². The first-order valence-electron chi connectivity index (χ1n) is 32.1. The largest absolute Gasteiger partial charge is 0.392 e. The van der Waals surface area contributed by atoms with Crippen LogP contribution in [0.3, 0.4) is 0 Å². The lowest BCUT2D eigenvalue weighted by Gasteiger charge is -2.76. The van der Waals surface area contributed by atoms with E-state index >= 15 is 9.59 Å². The molecule has 16 unspecified atom stereocenters. The molecule has 3 aliphatic heterocycles. The summed E-state index contributed by atoms with van der Waals surface area (Å²) in [5.41, 5.74) is 8.03. The van der Waals surface area contributed by atoms with Crippen molar-refractivity contribution in [3.8, 4) is 0 Å². The molecule has 4 aromatic rings. The van der Waals surface area contributed by atoms with E-state index in [2.05, 4.69) is 110 Å². The SMILES string of the molecule is CNCCC1(C)C(=O)C2c3cc[nH]c3C3CCC2(C3)C2(C)C1CCC1(C)C2C(O)C2Cn3cc(Cc4cc(C5CCCCC5CNC)cc(C5(O)CCOCC5)c4)c4[nH]cc(c43)CCC(C)(CC(O)C3OC3(C)C)C3=C2C1(C)CC3=O. The summed E-state index contributed by atoms with van der Waals surface area (Å²) in [6.45, 7) is 19.4. The van der Waals surface area contributed by atoms with E-state index in [-0.39, 0.29) is 35.1 Å². The Bertz CT molecular complexity index is 3210. The maximum Gasteiger partial charge on any atom is 0.160 e. The van der Waals surface area contributed by atoms with E-state index in [0.717, 1.165) is 85.8 Å². The standard InChI is InChI=1S/C69H95N5O7/c1-62(2)61(81-62)50(76)33-63(3)18-14-42-36-73-56-44(29-39-28-43(46-13-11-10-12-41(46)35-71-9)31-45(30-39)69(79)22-26-80-27-23-69)37-74(57(42)56)38-48-52-54(63)49(75)34-66(52,6)65(5)19-16-51-64(4,21-25-70-8)60(78)53-47-17-24-72-55(47)40-15-20-68(53,32-40)67(51,7)59(65)58(48)77/h17,24,28,30-31,36-37,40-41,46,48,50-51,53,58-59,61,70-73,76-77,79H,10-16,18-23,25-27,29,32-35,38H2,1-9H3. The lowest BCUT2D eigenvalue weighted by atomic mass is 9.28. The molecule has 81 heavy (non-hydrogen) atoms. The number of nitrogens with zero attached hydrogens (tertiary/aromatic N) is 1. The fourth-order valence-electron chi connectivity index (χ4n) is 22.2. The Balaban J connectivity index is 0.943. The van der Waals surface area contributed by atoms with Gasteiger partial charge in [-0.1, -0.05) is 65.7 Å². The van der Waals surface area contributed by atoms with E-state index in [1.807, 2.05) is 20.9 Å². The van der Waals surface area contributed by atoms with E-state index in [4.69, 9.17) is 9.47 Å². The van der Waals surface area contributed by atoms with Crippen LogP contribution in [-0.2, 0) is 44.1 Å². The third-order valence-electron chi connectivity index (χ3n) is 26.2. The first-order valence-corrected chi connectivity index (χ1v) is 32.1. The number of carbonyl (C=O) groups is 2. The van der Waals surface area contributed by atoms with Gasteiger partial charge in [-0.2, -0.15) is 0 Å². The summed E-state index contributed by atoms with van der Waals surface area (Å²) in [6, 6.07) is 9.30. The Morgan fingerprint density at radius 3 is 2.43 bits per heavy atom. The van der Waals surface area contributed by atoms with Crippen molar-refractivity contribution in [1.29, 1.82) is 0 Å². The fourth-order valence-corrected chi connectivity index (χ4v) is 22.2. The molecule has 10 aliphatic rings. The van der Waals surface area contributed by atoms with Gasteiger partial charge in [0.1, 0.15) is 11.9 Å². The van der Waals surface area contributed by atoms with Crippen LogP contribution in [0.1, 0.15) is 202 Å². The van der Waals surface area contributed by atoms with Gasteiger partial charge in [-0.15, -0.1) is 0 Å². The summed E-state index contributed by atoms with van der Waals surface area (Å²) in [6.07, 6.45) is 18.9. The highest BCUT2D eigenvalue weighted by atomic mass is 16.6. The topological polar surface area (TPSA) is 177 Å². The molecule has 7 aliphatic carbocycles. The van der Waals surface area contributed by atoms with E-state index in [1.165, 1.54) is 52.8 Å². The van der Waals surface area contributed by atoms with Gasteiger partial charge in [-0.25, -0.2) is 0 Å². The summed E-state index contributed by atoms with van der Waals surface area (Å²) in [5, 5.41) is 46.4. The van der Waals surface area contributed by atoms with Crippen LogP contribution in [0.5, 0.6) is 0 Å². The molecule has 2 saturated heterocycles. The highest BCUT2D eigenvalue weighted by Crippen LogP contribution is 2.83. The minimum Gasteiger partial charge on any atom is -0.392 e. The normalized spacial score (nSPS) is 41.3. The predicted molar refractivity (Wildman–Crippen MR) is 315 cm³/mol. The van der Waals surface area contributed by atoms with Gasteiger partial charge < -0.3 is 50.0 Å². The van der Waals surface area contributed by atoms with Crippen LogP contribution in [-0.4, -0.2) is 106 Å². The second-order valence-electron chi connectivity index (χ2n) is 30.4. The lowest BCUT2D eigenvalue weighted by Crippen LogP contribution is -2.74. The number of Topliss-reactive ketones (excluding diaryl/α,β-unsaturated/α-hetero) is 2. The molecule has 7 N–H and O–H groups in total. The second kappa shape index (κ2) is 18.8. The maximum absolute atomic E-state index is 16.0. The quantitative estimate of drug-likeness (QED) is 0.0681. The van der Waals surface area contributed by atoms with Crippen LogP contribution in [0.2, 0.25) is 0 Å². The third kappa shape index (κ3) is 7.63. The molecule has 0 amide bonds. The molecule has 438 valence electrons. The zero-order chi connectivity index (χ0) is 56.6. The molecule has 7 fully saturated rings. The van der Waals surface area contributed by atoms with Crippen LogP contribution < -0.4 is 10.6 Å². The predicted octanol–water partition coefficient (Wildman–Crippen LogP) is 10.8. The number of carbonyl (C=O) groups excluding carboxylic acids is 2. The molecule has 12 nitrogen and oxygen atoms in total.